The van der Waals surface area contributed by atoms with Gasteiger partial charge >= 0.3 is 0 Å². The Hall–Kier alpha value is -4.11. The minimum atomic E-state index is -1.26. The largest absolute Gasteiger partial charge is 0.545 e. The van der Waals surface area contributed by atoms with E-state index in [0.29, 0.717) is 22.8 Å². The monoisotopic (exact) mass is 385 g/mol. The smallest absolute Gasteiger partial charge is 0.266 e. The molecule has 6 nitrogen and oxygen atoms in total. The van der Waals surface area contributed by atoms with Gasteiger partial charge in [0.05, 0.1) is 5.97 Å². The van der Waals surface area contributed by atoms with Gasteiger partial charge in [-0.2, -0.15) is 5.26 Å². The number of nitriles is 1. The van der Waals surface area contributed by atoms with Gasteiger partial charge in [-0.25, -0.2) is 0 Å². The summed E-state index contributed by atoms with van der Waals surface area (Å²) in [6, 6.07) is 16.9. The molecule has 0 radical (unpaired) electrons. The molecule has 0 unspecified atom stereocenters. The van der Waals surface area contributed by atoms with Crippen molar-refractivity contribution >= 4 is 23.6 Å². The lowest BCUT2D eigenvalue weighted by molar-refractivity contribution is -0.255. The molecular weight excluding hydrogens is 368 g/mol. The molecule has 1 aromatic heterocycles. The molecular formula is C23H17N2O4-. The van der Waals surface area contributed by atoms with Gasteiger partial charge in [-0.1, -0.05) is 42.5 Å². The van der Waals surface area contributed by atoms with Gasteiger partial charge in [0.15, 0.2) is 0 Å². The molecule has 0 bridgehead atoms. The molecule has 2 aromatic carbocycles. The molecule has 0 spiro atoms. The standard InChI is InChI=1S/C23H18N2O4/c1-14-4-3-5-15(2)21(14)25-22(26)18(13-24)12-19-10-11-20(29-19)16-6-8-17(9-7-16)23(27)28/h3-12H,1-2H3,(H,25,26)(H,27,28)/p-1/b18-12+. The summed E-state index contributed by atoms with van der Waals surface area (Å²) in [5.41, 5.74) is 3.10. The van der Waals surface area contributed by atoms with E-state index in [-0.39, 0.29) is 11.1 Å². The van der Waals surface area contributed by atoms with Crippen LogP contribution in [-0.4, -0.2) is 11.9 Å². The van der Waals surface area contributed by atoms with Crippen LogP contribution < -0.4 is 10.4 Å². The maximum atomic E-state index is 12.5. The summed E-state index contributed by atoms with van der Waals surface area (Å²) >= 11 is 0. The number of aromatic carboxylic acids is 1. The third-order valence-electron chi connectivity index (χ3n) is 4.40. The fraction of sp³-hybridized carbons (Fsp3) is 0.0870. The number of nitrogens with one attached hydrogen (secondary N) is 1. The predicted octanol–water partition coefficient (Wildman–Crippen LogP) is 3.47. The van der Waals surface area contributed by atoms with Crippen LogP contribution in [-0.2, 0) is 4.79 Å². The first-order chi connectivity index (χ1) is 13.9. The summed E-state index contributed by atoms with van der Waals surface area (Å²) in [5.74, 6) is -0.972. The number of amides is 1. The van der Waals surface area contributed by atoms with Gasteiger partial charge in [-0.05, 0) is 42.7 Å². The highest BCUT2D eigenvalue weighted by Gasteiger charge is 2.13. The maximum Gasteiger partial charge on any atom is 0.266 e. The van der Waals surface area contributed by atoms with Crippen LogP contribution in [0.25, 0.3) is 17.4 Å². The van der Waals surface area contributed by atoms with Crippen LogP contribution in [0.4, 0.5) is 5.69 Å². The molecule has 1 amide bonds. The molecule has 0 fully saturated rings. The van der Waals surface area contributed by atoms with E-state index in [1.165, 1.54) is 18.2 Å². The number of para-hydroxylation sites is 1. The topological polar surface area (TPSA) is 106 Å². The zero-order valence-electron chi connectivity index (χ0n) is 15.9. The summed E-state index contributed by atoms with van der Waals surface area (Å²) in [5, 5.41) is 23.0. The Morgan fingerprint density at radius 1 is 1.03 bits per heavy atom. The van der Waals surface area contributed by atoms with Gasteiger partial charge in [-0.15, -0.1) is 0 Å². The Bertz CT molecular complexity index is 1130. The van der Waals surface area contributed by atoms with Crippen molar-refractivity contribution in [3.63, 3.8) is 0 Å². The van der Waals surface area contributed by atoms with Crippen LogP contribution >= 0.6 is 0 Å². The first kappa shape index (κ1) is 19.6. The van der Waals surface area contributed by atoms with E-state index in [0.717, 1.165) is 11.1 Å². The number of carbonyl (C=O) groups excluding carboxylic acids is 2. The normalized spacial score (nSPS) is 11.0. The van der Waals surface area contributed by atoms with E-state index in [9.17, 15) is 20.0 Å². The lowest BCUT2D eigenvalue weighted by Crippen LogP contribution is -2.21. The summed E-state index contributed by atoms with van der Waals surface area (Å²) in [6.45, 7) is 3.76. The van der Waals surface area contributed by atoms with E-state index in [1.54, 1.807) is 24.3 Å². The van der Waals surface area contributed by atoms with Crippen LogP contribution in [0.3, 0.4) is 0 Å². The Labute approximate surface area is 167 Å². The second kappa shape index (κ2) is 8.28. The molecule has 6 heteroatoms. The van der Waals surface area contributed by atoms with Gasteiger partial charge in [0.2, 0.25) is 0 Å². The molecule has 0 atom stereocenters. The maximum absolute atomic E-state index is 12.5. The van der Waals surface area contributed by atoms with E-state index in [2.05, 4.69) is 5.32 Å². The van der Waals surface area contributed by atoms with Crippen LogP contribution in [0.15, 0.2) is 64.6 Å². The molecule has 1 heterocycles. The highest BCUT2D eigenvalue weighted by Crippen LogP contribution is 2.25. The Morgan fingerprint density at radius 2 is 1.69 bits per heavy atom. The zero-order valence-corrected chi connectivity index (χ0v) is 15.9. The van der Waals surface area contributed by atoms with Crippen molar-refractivity contribution in [2.24, 2.45) is 0 Å². The van der Waals surface area contributed by atoms with Crippen LogP contribution in [0.5, 0.6) is 0 Å². The molecule has 29 heavy (non-hydrogen) atoms. The first-order valence-electron chi connectivity index (χ1n) is 8.80. The Kier molecular flexibility index (Phi) is 5.61. The van der Waals surface area contributed by atoms with E-state index >= 15 is 0 Å². The van der Waals surface area contributed by atoms with Crippen LogP contribution in [0, 0.1) is 25.2 Å². The summed E-state index contributed by atoms with van der Waals surface area (Å²) in [6.07, 6.45) is 1.36. The summed E-state index contributed by atoms with van der Waals surface area (Å²) in [7, 11) is 0. The van der Waals surface area contributed by atoms with Crippen molar-refractivity contribution in [1.82, 2.24) is 0 Å². The van der Waals surface area contributed by atoms with Crippen molar-refractivity contribution in [1.29, 1.82) is 5.26 Å². The number of carbonyl (C=O) groups is 2. The highest BCUT2D eigenvalue weighted by molar-refractivity contribution is 6.10. The van der Waals surface area contributed by atoms with E-state index < -0.39 is 11.9 Å². The number of furan rings is 1. The highest BCUT2D eigenvalue weighted by atomic mass is 16.4. The number of benzene rings is 2. The second-order valence-corrected chi connectivity index (χ2v) is 6.46. The van der Waals surface area contributed by atoms with E-state index in [1.807, 2.05) is 38.1 Å². The number of aryl methyl sites for hydroxylation is 2. The molecule has 0 aliphatic heterocycles. The molecule has 0 saturated heterocycles. The first-order valence-corrected chi connectivity index (χ1v) is 8.80. The predicted molar refractivity (Wildman–Crippen MR) is 107 cm³/mol. The molecule has 3 rings (SSSR count). The molecule has 3 aromatic rings. The van der Waals surface area contributed by atoms with E-state index in [4.69, 9.17) is 4.42 Å². The number of rotatable bonds is 5. The van der Waals surface area contributed by atoms with Crippen molar-refractivity contribution in [3.05, 3.63) is 82.6 Å². The molecule has 0 aliphatic rings. The molecule has 1 N–H and O–H groups in total. The average Bonchev–Trinajstić information content (AvgIpc) is 3.17. The Morgan fingerprint density at radius 3 is 2.28 bits per heavy atom. The zero-order chi connectivity index (χ0) is 21.0. The third kappa shape index (κ3) is 4.42. The number of hydrogen-bond acceptors (Lipinski definition) is 5. The van der Waals surface area contributed by atoms with Gasteiger partial charge < -0.3 is 19.6 Å². The Balaban J connectivity index is 1.82. The van der Waals surface area contributed by atoms with Gasteiger partial charge in [0, 0.05) is 17.3 Å². The lowest BCUT2D eigenvalue weighted by Gasteiger charge is -2.10. The minimum Gasteiger partial charge on any atom is -0.545 e. The van der Waals surface area contributed by atoms with Gasteiger partial charge in [0.1, 0.15) is 23.2 Å². The number of carboxylic acids is 1. The quantitative estimate of drug-likeness (QED) is 0.535. The lowest BCUT2D eigenvalue weighted by atomic mass is 10.1. The number of nitrogens with zero attached hydrogens (tertiary/aromatic N) is 1. The third-order valence-corrected chi connectivity index (χ3v) is 4.40. The van der Waals surface area contributed by atoms with Crippen molar-refractivity contribution in [2.75, 3.05) is 5.32 Å². The fourth-order valence-electron chi connectivity index (χ4n) is 2.84. The SMILES string of the molecule is Cc1cccc(C)c1NC(=O)/C(C#N)=C/c1ccc(-c2ccc(C(=O)[O-])cc2)o1. The average molecular weight is 385 g/mol. The number of anilines is 1. The minimum absolute atomic E-state index is 0.0652. The molecule has 144 valence electrons. The van der Waals surface area contributed by atoms with Crippen molar-refractivity contribution in [3.8, 4) is 17.4 Å². The summed E-state index contributed by atoms with van der Waals surface area (Å²) < 4.78 is 5.68. The number of carboxylic acid groups (broad SMARTS) is 1. The molecule has 0 aliphatic carbocycles. The van der Waals surface area contributed by atoms with Crippen molar-refractivity contribution < 1.29 is 19.1 Å². The van der Waals surface area contributed by atoms with Crippen LogP contribution in [0.2, 0.25) is 0 Å². The van der Waals surface area contributed by atoms with Crippen molar-refractivity contribution in [2.45, 2.75) is 13.8 Å². The number of hydrogen-bond donors (Lipinski definition) is 1. The summed E-state index contributed by atoms with van der Waals surface area (Å²) in [4.78, 5) is 23.4. The van der Waals surface area contributed by atoms with Crippen LogP contribution in [0.1, 0.15) is 27.2 Å². The van der Waals surface area contributed by atoms with Gasteiger partial charge in [0.25, 0.3) is 5.91 Å². The molecule has 0 saturated carbocycles. The second-order valence-electron chi connectivity index (χ2n) is 6.46. The fourth-order valence-corrected chi connectivity index (χ4v) is 2.84. The van der Waals surface area contributed by atoms with Gasteiger partial charge in [-0.3, -0.25) is 4.79 Å².